The number of imide groups is 1. The van der Waals surface area contributed by atoms with Gasteiger partial charge in [-0.15, -0.1) is 0 Å². The van der Waals surface area contributed by atoms with Crippen molar-refractivity contribution in [2.75, 3.05) is 12.0 Å². The third-order valence-corrected chi connectivity index (χ3v) is 6.14. The lowest BCUT2D eigenvalue weighted by molar-refractivity contribution is -0.120. The summed E-state index contributed by atoms with van der Waals surface area (Å²) in [4.78, 5) is 26.9. The summed E-state index contributed by atoms with van der Waals surface area (Å²) in [6.45, 7) is 0. The van der Waals surface area contributed by atoms with E-state index in [1.807, 2.05) is 0 Å². The van der Waals surface area contributed by atoms with Crippen molar-refractivity contribution < 1.29 is 14.3 Å². The first-order chi connectivity index (χ1) is 14.1. The molecule has 1 aliphatic carbocycles. The van der Waals surface area contributed by atoms with E-state index in [1.165, 1.54) is 44.9 Å². The van der Waals surface area contributed by atoms with E-state index in [1.54, 1.807) is 31.4 Å². The van der Waals surface area contributed by atoms with Gasteiger partial charge in [0.25, 0.3) is 11.8 Å². The number of benzene rings is 1. The van der Waals surface area contributed by atoms with Crippen LogP contribution in [0.25, 0.3) is 0 Å². The molecule has 2 aliphatic rings. The van der Waals surface area contributed by atoms with Crippen molar-refractivity contribution in [2.24, 2.45) is 0 Å². The van der Waals surface area contributed by atoms with Gasteiger partial charge in [-0.1, -0.05) is 75.5 Å². The summed E-state index contributed by atoms with van der Waals surface area (Å²) in [5, 5.41) is 3.31. The lowest BCUT2D eigenvalue weighted by atomic mass is 9.98. The summed E-state index contributed by atoms with van der Waals surface area (Å²) in [5.74, 6) is -0.292. The van der Waals surface area contributed by atoms with Crippen LogP contribution in [-0.2, 0) is 9.59 Å². The van der Waals surface area contributed by atoms with Crippen LogP contribution < -0.4 is 15.0 Å². The fourth-order valence-electron chi connectivity index (χ4n) is 4.12. The van der Waals surface area contributed by atoms with E-state index < -0.39 is 5.91 Å². The van der Waals surface area contributed by atoms with Crippen LogP contribution in [0.1, 0.15) is 70.6 Å². The summed E-state index contributed by atoms with van der Waals surface area (Å²) in [6, 6.07) is 7.06. The monoisotopic (exact) mass is 418 g/mol. The van der Waals surface area contributed by atoms with Gasteiger partial charge in [0, 0.05) is 12.1 Å². The quantitative estimate of drug-likeness (QED) is 0.675. The number of amides is 2. The minimum Gasteiger partial charge on any atom is -0.497 e. The normalized spacial score (nSPS) is 20.4. The SMILES string of the molecule is COc1cccc(N2C(=O)C(Cl)=C(NC3CCCCCCCCCCC3)C2=O)c1. The average molecular weight is 419 g/mol. The van der Waals surface area contributed by atoms with Gasteiger partial charge in [0.1, 0.15) is 16.5 Å². The molecule has 0 radical (unpaired) electrons. The van der Waals surface area contributed by atoms with Crippen LogP contribution in [0.2, 0.25) is 0 Å². The Labute approximate surface area is 178 Å². The Bertz CT molecular complexity index is 750. The van der Waals surface area contributed by atoms with Crippen LogP contribution in [0.4, 0.5) is 5.69 Å². The largest absolute Gasteiger partial charge is 0.497 e. The molecule has 2 amide bonds. The summed E-state index contributed by atoms with van der Waals surface area (Å²) >= 11 is 6.31. The van der Waals surface area contributed by atoms with Crippen molar-refractivity contribution in [2.45, 2.75) is 76.7 Å². The molecule has 1 heterocycles. The van der Waals surface area contributed by atoms with Gasteiger partial charge in [-0.2, -0.15) is 0 Å². The van der Waals surface area contributed by atoms with Gasteiger partial charge >= 0.3 is 0 Å². The lowest BCUT2D eigenvalue weighted by Crippen LogP contribution is -2.36. The van der Waals surface area contributed by atoms with Gasteiger partial charge in [-0.05, 0) is 25.0 Å². The molecule has 1 N–H and O–H groups in total. The molecular formula is C23H31ClN2O3. The van der Waals surface area contributed by atoms with Gasteiger partial charge in [0.05, 0.1) is 12.8 Å². The first-order valence-electron chi connectivity index (χ1n) is 10.8. The van der Waals surface area contributed by atoms with Crippen LogP contribution in [0.3, 0.4) is 0 Å². The number of rotatable bonds is 4. The Hall–Kier alpha value is -2.01. The molecule has 0 spiro atoms. The maximum Gasteiger partial charge on any atom is 0.283 e. The summed E-state index contributed by atoms with van der Waals surface area (Å²) in [5.41, 5.74) is 0.699. The lowest BCUT2D eigenvalue weighted by Gasteiger charge is -2.22. The highest BCUT2D eigenvalue weighted by molar-refractivity contribution is 6.52. The highest BCUT2D eigenvalue weighted by Gasteiger charge is 2.39. The number of halogens is 1. The van der Waals surface area contributed by atoms with E-state index in [-0.39, 0.29) is 22.7 Å². The minimum atomic E-state index is -0.486. The molecule has 3 rings (SSSR count). The van der Waals surface area contributed by atoms with Crippen LogP contribution >= 0.6 is 11.6 Å². The van der Waals surface area contributed by atoms with Crippen molar-refractivity contribution in [1.29, 1.82) is 0 Å². The zero-order chi connectivity index (χ0) is 20.6. The predicted molar refractivity (Wildman–Crippen MR) is 116 cm³/mol. The van der Waals surface area contributed by atoms with Gasteiger partial charge in [0.15, 0.2) is 0 Å². The Morgan fingerprint density at radius 1 is 0.931 bits per heavy atom. The van der Waals surface area contributed by atoms with E-state index in [2.05, 4.69) is 5.32 Å². The fraction of sp³-hybridized carbons (Fsp3) is 0.565. The van der Waals surface area contributed by atoms with Gasteiger partial charge in [0.2, 0.25) is 0 Å². The number of nitrogens with one attached hydrogen (secondary N) is 1. The Balaban J connectivity index is 1.71. The highest BCUT2D eigenvalue weighted by atomic mass is 35.5. The summed E-state index contributed by atoms with van der Waals surface area (Å²) in [6.07, 6.45) is 13.2. The van der Waals surface area contributed by atoms with Crippen molar-refractivity contribution in [3.63, 3.8) is 0 Å². The molecule has 6 heteroatoms. The maximum absolute atomic E-state index is 13.0. The number of carbonyl (C=O) groups is 2. The molecule has 1 aliphatic heterocycles. The maximum atomic E-state index is 13.0. The average Bonchev–Trinajstić information content (AvgIpc) is 2.93. The van der Waals surface area contributed by atoms with E-state index in [0.717, 1.165) is 30.6 Å². The van der Waals surface area contributed by atoms with Crippen molar-refractivity contribution in [1.82, 2.24) is 5.32 Å². The number of methoxy groups -OCH3 is 1. The number of anilines is 1. The van der Waals surface area contributed by atoms with Gasteiger partial charge in [-0.25, -0.2) is 4.90 Å². The molecule has 29 heavy (non-hydrogen) atoms. The van der Waals surface area contributed by atoms with Crippen LogP contribution in [-0.4, -0.2) is 25.0 Å². The predicted octanol–water partition coefficient (Wildman–Crippen LogP) is 5.28. The molecule has 1 aromatic carbocycles. The smallest absolute Gasteiger partial charge is 0.283 e. The van der Waals surface area contributed by atoms with Crippen molar-refractivity contribution in [3.8, 4) is 5.75 Å². The molecule has 0 atom stereocenters. The number of hydrogen-bond donors (Lipinski definition) is 1. The third kappa shape index (κ3) is 5.53. The molecule has 0 aromatic heterocycles. The molecule has 1 aromatic rings. The standard InChI is InChI=1S/C23H31ClN2O3/c1-29-19-15-11-14-18(16-19)26-22(27)20(24)21(23(26)28)25-17-12-9-7-5-3-2-4-6-8-10-13-17/h11,14-17,25H,2-10,12-13H2,1H3. The summed E-state index contributed by atoms with van der Waals surface area (Å²) < 4.78 is 5.22. The topological polar surface area (TPSA) is 58.6 Å². The molecule has 0 saturated heterocycles. The number of ether oxygens (including phenoxy) is 1. The molecule has 0 unspecified atom stereocenters. The van der Waals surface area contributed by atoms with Crippen LogP contribution in [0, 0.1) is 0 Å². The first kappa shape index (κ1) is 21.7. The second-order valence-electron chi connectivity index (χ2n) is 7.94. The van der Waals surface area contributed by atoms with E-state index in [9.17, 15) is 9.59 Å². The molecule has 158 valence electrons. The second kappa shape index (κ2) is 10.7. The Morgan fingerprint density at radius 3 is 2.10 bits per heavy atom. The first-order valence-corrected chi connectivity index (χ1v) is 11.2. The minimum absolute atomic E-state index is 0.0241. The number of nitrogens with zero attached hydrogens (tertiary/aromatic N) is 1. The number of hydrogen-bond acceptors (Lipinski definition) is 4. The van der Waals surface area contributed by atoms with Crippen LogP contribution in [0.15, 0.2) is 35.0 Å². The fourth-order valence-corrected chi connectivity index (χ4v) is 4.34. The molecule has 0 bridgehead atoms. The molecule has 5 nitrogen and oxygen atoms in total. The zero-order valence-corrected chi connectivity index (χ0v) is 18.0. The molecule has 1 fully saturated rings. The van der Waals surface area contributed by atoms with Crippen LogP contribution in [0.5, 0.6) is 5.75 Å². The number of carbonyl (C=O) groups excluding carboxylic acids is 2. The molecular weight excluding hydrogens is 388 g/mol. The third-order valence-electron chi connectivity index (χ3n) is 5.79. The van der Waals surface area contributed by atoms with E-state index in [4.69, 9.17) is 16.3 Å². The highest BCUT2D eigenvalue weighted by Crippen LogP contribution is 2.31. The van der Waals surface area contributed by atoms with E-state index >= 15 is 0 Å². The molecule has 1 saturated carbocycles. The van der Waals surface area contributed by atoms with Crippen molar-refractivity contribution >= 4 is 29.1 Å². The van der Waals surface area contributed by atoms with E-state index in [0.29, 0.717) is 11.4 Å². The van der Waals surface area contributed by atoms with Gasteiger partial charge in [-0.3, -0.25) is 9.59 Å². The Morgan fingerprint density at radius 2 is 1.52 bits per heavy atom. The zero-order valence-electron chi connectivity index (χ0n) is 17.2. The summed E-state index contributed by atoms with van der Waals surface area (Å²) in [7, 11) is 1.55. The second-order valence-corrected chi connectivity index (χ2v) is 8.31. The van der Waals surface area contributed by atoms with Crippen molar-refractivity contribution in [3.05, 3.63) is 35.0 Å². The Kier molecular flexibility index (Phi) is 7.99. The van der Waals surface area contributed by atoms with Gasteiger partial charge < -0.3 is 10.1 Å².